The number of aromatic nitrogens is 1. The molecule has 0 bridgehead atoms. The summed E-state index contributed by atoms with van der Waals surface area (Å²) in [4.78, 5) is 21.8. The number of amides is 1. The van der Waals surface area contributed by atoms with Crippen LogP contribution >= 0.6 is 39.3 Å². The zero-order chi connectivity index (χ0) is 20.9. The predicted octanol–water partition coefficient (Wildman–Crippen LogP) is 4.11. The number of thioether (sulfide) groups is 1. The number of halogens is 2. The molecule has 1 aromatic carbocycles. The number of hydrogen-bond acceptors (Lipinski definition) is 6. The minimum absolute atomic E-state index is 0.0208. The van der Waals surface area contributed by atoms with Gasteiger partial charge in [0.1, 0.15) is 23.1 Å². The summed E-state index contributed by atoms with van der Waals surface area (Å²) in [6.45, 7) is 0. The van der Waals surface area contributed by atoms with Crippen molar-refractivity contribution < 1.29 is 9.53 Å². The molecule has 0 radical (unpaired) electrons. The maximum atomic E-state index is 12.7. The molecule has 9 heteroatoms. The highest BCUT2D eigenvalue weighted by Crippen LogP contribution is 2.54. The van der Waals surface area contributed by atoms with Crippen LogP contribution in [0.4, 0.5) is 0 Å². The van der Waals surface area contributed by atoms with Crippen LogP contribution in [0.25, 0.3) is 0 Å². The van der Waals surface area contributed by atoms with Gasteiger partial charge in [-0.15, -0.1) is 0 Å². The molecule has 1 aromatic heterocycles. The summed E-state index contributed by atoms with van der Waals surface area (Å²) in [5.74, 6) is 1.61. The van der Waals surface area contributed by atoms with E-state index in [0.29, 0.717) is 15.9 Å². The monoisotopic (exact) mass is 506 g/mol. The number of carbonyl (C=O) groups is 1. The van der Waals surface area contributed by atoms with Crippen LogP contribution in [0, 0.1) is 5.92 Å². The first kappa shape index (κ1) is 20.2. The smallest absolute Gasteiger partial charge is 0.270 e. The summed E-state index contributed by atoms with van der Waals surface area (Å²) >= 11 is 11.1. The SMILES string of the molecule is NC1=NC2(CS1)c1cc(Br)ccc1OC1CCC(NC(=O)c3ccc(Cl)cn3)CC12. The number of benzene rings is 1. The van der Waals surface area contributed by atoms with Crippen LogP contribution in [0.1, 0.15) is 35.3 Å². The Morgan fingerprint density at radius 2 is 2.20 bits per heavy atom. The number of ether oxygens (including phenoxy) is 1. The van der Waals surface area contributed by atoms with Crippen LogP contribution in [-0.4, -0.2) is 34.0 Å². The molecule has 30 heavy (non-hydrogen) atoms. The first-order valence-electron chi connectivity index (χ1n) is 9.82. The van der Waals surface area contributed by atoms with E-state index in [1.54, 1.807) is 23.9 Å². The fourth-order valence-corrected chi connectivity index (χ4v) is 6.27. The molecular weight excluding hydrogens is 488 g/mol. The maximum Gasteiger partial charge on any atom is 0.270 e. The molecule has 1 fully saturated rings. The van der Waals surface area contributed by atoms with Gasteiger partial charge in [0.15, 0.2) is 5.17 Å². The molecule has 6 nitrogen and oxygen atoms in total. The topological polar surface area (TPSA) is 89.6 Å². The molecule has 1 aliphatic carbocycles. The van der Waals surface area contributed by atoms with Crippen LogP contribution < -0.4 is 15.8 Å². The van der Waals surface area contributed by atoms with Gasteiger partial charge in [-0.05, 0) is 49.6 Å². The Balaban J connectivity index is 1.43. The Hall–Kier alpha value is -1.77. The number of hydrogen-bond donors (Lipinski definition) is 2. The number of nitrogens with one attached hydrogen (secondary N) is 1. The molecule has 3 N–H and O–H groups in total. The van der Waals surface area contributed by atoms with Crippen LogP contribution in [0.5, 0.6) is 5.75 Å². The van der Waals surface area contributed by atoms with Gasteiger partial charge in [-0.2, -0.15) is 0 Å². The van der Waals surface area contributed by atoms with Gasteiger partial charge in [-0.1, -0.05) is 39.3 Å². The Kier molecular flexibility index (Phi) is 5.19. The van der Waals surface area contributed by atoms with E-state index >= 15 is 0 Å². The largest absolute Gasteiger partial charge is 0.490 e. The van der Waals surface area contributed by atoms with Gasteiger partial charge in [-0.25, -0.2) is 9.98 Å². The quantitative estimate of drug-likeness (QED) is 0.638. The van der Waals surface area contributed by atoms with Crippen molar-refractivity contribution in [2.24, 2.45) is 16.6 Å². The lowest BCUT2D eigenvalue weighted by atomic mass is 9.67. The van der Waals surface area contributed by atoms with Crippen molar-refractivity contribution in [2.45, 2.75) is 36.9 Å². The van der Waals surface area contributed by atoms with Gasteiger partial charge >= 0.3 is 0 Å². The highest BCUT2D eigenvalue weighted by Gasteiger charge is 2.54. The summed E-state index contributed by atoms with van der Waals surface area (Å²) in [5, 5.41) is 4.26. The first-order valence-corrected chi connectivity index (χ1v) is 12.0. The maximum absolute atomic E-state index is 12.7. The van der Waals surface area contributed by atoms with E-state index in [9.17, 15) is 4.79 Å². The van der Waals surface area contributed by atoms with Crippen LogP contribution in [0.3, 0.4) is 0 Å². The minimum Gasteiger partial charge on any atom is -0.490 e. The van der Waals surface area contributed by atoms with Crippen molar-refractivity contribution in [3.05, 3.63) is 57.3 Å². The van der Waals surface area contributed by atoms with E-state index in [2.05, 4.69) is 32.3 Å². The number of pyridine rings is 1. The van der Waals surface area contributed by atoms with Crippen molar-refractivity contribution in [3.8, 4) is 5.75 Å². The zero-order valence-corrected chi connectivity index (χ0v) is 19.1. The van der Waals surface area contributed by atoms with Crippen molar-refractivity contribution >= 4 is 50.4 Å². The lowest BCUT2D eigenvalue weighted by Crippen LogP contribution is -2.54. The van der Waals surface area contributed by atoms with Gasteiger partial charge in [0.05, 0.1) is 5.02 Å². The second kappa shape index (κ2) is 7.73. The Morgan fingerprint density at radius 1 is 1.33 bits per heavy atom. The van der Waals surface area contributed by atoms with Crippen molar-refractivity contribution in [2.75, 3.05) is 5.75 Å². The third-order valence-electron chi connectivity index (χ3n) is 6.13. The van der Waals surface area contributed by atoms with Gasteiger partial charge in [0, 0.05) is 33.9 Å². The molecule has 156 valence electrons. The lowest BCUT2D eigenvalue weighted by molar-refractivity contribution is 0.0155. The molecule has 3 heterocycles. The normalized spacial score (nSPS) is 29.5. The number of carbonyl (C=O) groups excluding carboxylic acids is 1. The first-order chi connectivity index (χ1) is 14.4. The number of nitrogens with two attached hydrogens (primary N) is 1. The van der Waals surface area contributed by atoms with E-state index in [1.807, 2.05) is 12.1 Å². The van der Waals surface area contributed by atoms with E-state index in [1.165, 1.54) is 6.20 Å². The molecule has 3 aliphatic rings. The molecule has 0 saturated heterocycles. The van der Waals surface area contributed by atoms with Gasteiger partial charge in [-0.3, -0.25) is 4.79 Å². The van der Waals surface area contributed by atoms with Crippen LogP contribution in [-0.2, 0) is 5.54 Å². The molecule has 4 atom stereocenters. The average molecular weight is 508 g/mol. The number of fused-ring (bicyclic) bond motifs is 4. The second-order valence-electron chi connectivity index (χ2n) is 7.91. The summed E-state index contributed by atoms with van der Waals surface area (Å²) < 4.78 is 7.37. The number of amidine groups is 1. The molecule has 1 spiro atoms. The van der Waals surface area contributed by atoms with Gasteiger partial charge in [0.25, 0.3) is 5.91 Å². The van der Waals surface area contributed by atoms with E-state index in [4.69, 9.17) is 27.1 Å². The third kappa shape index (κ3) is 3.48. The molecule has 4 unspecified atom stereocenters. The highest BCUT2D eigenvalue weighted by atomic mass is 79.9. The van der Waals surface area contributed by atoms with E-state index in [0.717, 1.165) is 40.8 Å². The standard InChI is InChI=1S/C21H20BrClN4O2S/c22-11-1-5-17-14(7-11)21(10-30-20(24)27-21)15-8-13(3-6-18(15)29-17)26-19(28)16-4-2-12(23)9-25-16/h1-2,4-5,7,9,13,15,18H,3,6,8,10H2,(H2,24,27)(H,26,28). The number of rotatable bonds is 2. The van der Waals surface area contributed by atoms with E-state index < -0.39 is 5.54 Å². The highest BCUT2D eigenvalue weighted by molar-refractivity contribution is 9.10. The van der Waals surface area contributed by atoms with E-state index in [-0.39, 0.29) is 24.0 Å². The third-order valence-corrected chi connectivity index (χ3v) is 7.82. The molecule has 2 aliphatic heterocycles. The van der Waals surface area contributed by atoms with Crippen molar-refractivity contribution in [1.29, 1.82) is 0 Å². The Bertz CT molecular complexity index is 1030. The summed E-state index contributed by atoms with van der Waals surface area (Å²) in [6, 6.07) is 9.42. The van der Waals surface area contributed by atoms with Gasteiger partial charge in [0.2, 0.25) is 0 Å². The summed E-state index contributed by atoms with van der Waals surface area (Å²) in [5.41, 5.74) is 7.13. The number of aliphatic imine (C=N–C) groups is 1. The molecular formula is C21H20BrClN4O2S. The van der Waals surface area contributed by atoms with Crippen molar-refractivity contribution in [1.82, 2.24) is 10.3 Å². The lowest BCUT2D eigenvalue weighted by Gasteiger charge is -2.48. The van der Waals surface area contributed by atoms with Gasteiger partial charge < -0.3 is 15.8 Å². The molecule has 2 aromatic rings. The fourth-order valence-electron chi connectivity index (χ4n) is 4.77. The molecule has 1 amide bonds. The Labute approximate surface area is 192 Å². The fraction of sp³-hybridized carbons (Fsp3) is 0.381. The number of nitrogens with zero attached hydrogens (tertiary/aromatic N) is 2. The van der Waals surface area contributed by atoms with Crippen LogP contribution in [0.15, 0.2) is 46.0 Å². The van der Waals surface area contributed by atoms with Crippen molar-refractivity contribution in [3.63, 3.8) is 0 Å². The second-order valence-corrected chi connectivity index (χ2v) is 10.3. The molecule has 5 rings (SSSR count). The average Bonchev–Trinajstić information content (AvgIpc) is 3.12. The predicted molar refractivity (Wildman–Crippen MR) is 122 cm³/mol. The zero-order valence-electron chi connectivity index (χ0n) is 16.0. The van der Waals surface area contributed by atoms with Crippen LogP contribution in [0.2, 0.25) is 5.02 Å². The molecule has 1 saturated carbocycles. The summed E-state index contributed by atoms with van der Waals surface area (Å²) in [6.07, 6.45) is 4.00. The minimum atomic E-state index is -0.432. The summed E-state index contributed by atoms with van der Waals surface area (Å²) in [7, 11) is 0. The Morgan fingerprint density at radius 3 is 2.93 bits per heavy atom.